The highest BCUT2D eigenvalue weighted by atomic mass is 16.4. The maximum atomic E-state index is 12.3. The Morgan fingerprint density at radius 1 is 1.26 bits per heavy atom. The molecule has 1 aromatic carbocycles. The van der Waals surface area contributed by atoms with Gasteiger partial charge in [-0.3, -0.25) is 14.5 Å². The van der Waals surface area contributed by atoms with E-state index >= 15 is 0 Å². The van der Waals surface area contributed by atoms with E-state index < -0.39 is 18.4 Å². The van der Waals surface area contributed by atoms with E-state index in [9.17, 15) is 9.59 Å². The summed E-state index contributed by atoms with van der Waals surface area (Å²) in [5.41, 5.74) is 0.872. The van der Waals surface area contributed by atoms with Crippen molar-refractivity contribution in [3.8, 4) is 0 Å². The summed E-state index contributed by atoms with van der Waals surface area (Å²) < 4.78 is 5.08. The number of carboxylic acids is 1. The highest BCUT2D eigenvalue weighted by Crippen LogP contribution is 2.17. The number of amides is 1. The molecular weight excluding hydrogens is 246 g/mol. The lowest BCUT2D eigenvalue weighted by atomic mass is 10.2. The summed E-state index contributed by atoms with van der Waals surface area (Å²) in [6, 6.07) is 10.3. The Hall–Kier alpha value is -2.56. The Bertz CT molecular complexity index is 589. The SMILES string of the molecule is Cc1cc(C(=O)N(CC(=O)O)c2ccccc2)co1. The van der Waals surface area contributed by atoms with E-state index in [0.29, 0.717) is 17.0 Å². The standard InChI is InChI=1S/C14H13NO4/c1-10-7-11(9-19-10)14(18)15(8-13(16)17)12-5-3-2-4-6-12/h2-7,9H,8H2,1H3,(H,16,17). The maximum absolute atomic E-state index is 12.3. The van der Waals surface area contributed by atoms with Gasteiger partial charge in [0.1, 0.15) is 18.6 Å². The highest BCUT2D eigenvalue weighted by molar-refractivity contribution is 6.08. The van der Waals surface area contributed by atoms with Crippen LogP contribution in [0.25, 0.3) is 0 Å². The average Bonchev–Trinajstić information content (AvgIpc) is 2.83. The average molecular weight is 259 g/mol. The van der Waals surface area contributed by atoms with Gasteiger partial charge in [-0.25, -0.2) is 0 Å². The van der Waals surface area contributed by atoms with E-state index in [-0.39, 0.29) is 0 Å². The molecule has 0 bridgehead atoms. The Balaban J connectivity index is 2.33. The van der Waals surface area contributed by atoms with Gasteiger partial charge in [0.2, 0.25) is 0 Å². The fourth-order valence-electron chi connectivity index (χ4n) is 1.73. The third kappa shape index (κ3) is 3.01. The van der Waals surface area contributed by atoms with Gasteiger partial charge in [-0.15, -0.1) is 0 Å². The predicted molar refractivity (Wildman–Crippen MR) is 69.2 cm³/mol. The molecule has 0 spiro atoms. The van der Waals surface area contributed by atoms with E-state index in [4.69, 9.17) is 9.52 Å². The van der Waals surface area contributed by atoms with Gasteiger partial charge >= 0.3 is 5.97 Å². The number of benzene rings is 1. The molecule has 5 nitrogen and oxygen atoms in total. The number of hydrogen-bond donors (Lipinski definition) is 1. The maximum Gasteiger partial charge on any atom is 0.323 e. The Kier molecular flexibility index (Phi) is 3.66. The molecule has 2 rings (SSSR count). The van der Waals surface area contributed by atoms with Crippen LogP contribution in [0.5, 0.6) is 0 Å². The smallest absolute Gasteiger partial charge is 0.323 e. The predicted octanol–water partition coefficient (Wildman–Crippen LogP) is 2.32. The first kappa shape index (κ1) is 12.9. The minimum atomic E-state index is -1.07. The van der Waals surface area contributed by atoms with Gasteiger partial charge in [0.25, 0.3) is 5.91 Å². The minimum Gasteiger partial charge on any atom is -0.480 e. The summed E-state index contributed by atoms with van der Waals surface area (Å²) in [4.78, 5) is 24.4. The normalized spacial score (nSPS) is 10.2. The molecule has 0 unspecified atom stereocenters. The largest absolute Gasteiger partial charge is 0.480 e. The monoisotopic (exact) mass is 259 g/mol. The molecule has 0 atom stereocenters. The van der Waals surface area contributed by atoms with Crippen LogP contribution >= 0.6 is 0 Å². The number of aliphatic carboxylic acids is 1. The molecule has 0 saturated heterocycles. The van der Waals surface area contributed by atoms with Gasteiger partial charge < -0.3 is 9.52 Å². The molecule has 0 saturated carbocycles. The van der Waals surface area contributed by atoms with Crippen molar-refractivity contribution >= 4 is 17.6 Å². The van der Waals surface area contributed by atoms with E-state index in [1.807, 2.05) is 0 Å². The van der Waals surface area contributed by atoms with Crippen molar-refractivity contribution in [1.82, 2.24) is 0 Å². The van der Waals surface area contributed by atoms with E-state index in [1.165, 1.54) is 11.2 Å². The molecule has 0 aliphatic rings. The van der Waals surface area contributed by atoms with Crippen LogP contribution in [0.1, 0.15) is 16.1 Å². The topological polar surface area (TPSA) is 70.8 Å². The van der Waals surface area contributed by atoms with Crippen molar-refractivity contribution in [3.05, 3.63) is 54.0 Å². The van der Waals surface area contributed by atoms with Crippen LogP contribution in [0.15, 0.2) is 47.1 Å². The van der Waals surface area contributed by atoms with Crippen LogP contribution < -0.4 is 4.90 Å². The number of hydrogen-bond acceptors (Lipinski definition) is 3. The van der Waals surface area contributed by atoms with Crippen LogP contribution in [-0.4, -0.2) is 23.5 Å². The summed E-state index contributed by atoms with van der Waals surface area (Å²) in [6.07, 6.45) is 1.33. The van der Waals surface area contributed by atoms with E-state index in [0.717, 1.165) is 0 Å². The number of carboxylic acid groups (broad SMARTS) is 1. The zero-order chi connectivity index (χ0) is 13.8. The highest BCUT2D eigenvalue weighted by Gasteiger charge is 2.21. The molecule has 0 fully saturated rings. The molecule has 1 N–H and O–H groups in total. The van der Waals surface area contributed by atoms with Gasteiger partial charge in [-0.1, -0.05) is 18.2 Å². The van der Waals surface area contributed by atoms with Crippen LogP contribution in [0.4, 0.5) is 5.69 Å². The number of furan rings is 1. The van der Waals surface area contributed by atoms with Gasteiger partial charge in [0, 0.05) is 5.69 Å². The van der Waals surface area contributed by atoms with Gasteiger partial charge in [-0.2, -0.15) is 0 Å². The summed E-state index contributed by atoms with van der Waals surface area (Å²) in [6.45, 7) is 1.33. The summed E-state index contributed by atoms with van der Waals surface area (Å²) in [5.74, 6) is -0.866. The molecule has 5 heteroatoms. The number of para-hydroxylation sites is 1. The molecule has 1 amide bonds. The lowest BCUT2D eigenvalue weighted by Crippen LogP contribution is -2.35. The zero-order valence-corrected chi connectivity index (χ0v) is 10.4. The van der Waals surface area contributed by atoms with Crippen molar-refractivity contribution in [3.63, 3.8) is 0 Å². The number of carbonyl (C=O) groups is 2. The van der Waals surface area contributed by atoms with Crippen molar-refractivity contribution in [2.75, 3.05) is 11.4 Å². The lowest BCUT2D eigenvalue weighted by molar-refractivity contribution is -0.135. The summed E-state index contributed by atoms with van der Waals surface area (Å²) in [7, 11) is 0. The van der Waals surface area contributed by atoms with Gasteiger partial charge in [0.05, 0.1) is 5.56 Å². The first-order chi connectivity index (χ1) is 9.08. The second-order valence-corrected chi connectivity index (χ2v) is 4.07. The van der Waals surface area contributed by atoms with Gasteiger partial charge in [-0.05, 0) is 25.1 Å². The first-order valence-electron chi connectivity index (χ1n) is 5.72. The fraction of sp³-hybridized carbons (Fsp3) is 0.143. The zero-order valence-electron chi connectivity index (χ0n) is 10.4. The molecule has 98 valence electrons. The second-order valence-electron chi connectivity index (χ2n) is 4.07. The Labute approximate surface area is 110 Å². The quantitative estimate of drug-likeness (QED) is 0.914. The first-order valence-corrected chi connectivity index (χ1v) is 5.72. The van der Waals surface area contributed by atoms with E-state index in [2.05, 4.69) is 0 Å². The summed E-state index contributed by atoms with van der Waals surface area (Å²) >= 11 is 0. The molecule has 0 aliphatic heterocycles. The lowest BCUT2D eigenvalue weighted by Gasteiger charge is -2.19. The Morgan fingerprint density at radius 2 is 1.95 bits per heavy atom. The van der Waals surface area contributed by atoms with Crippen molar-refractivity contribution < 1.29 is 19.1 Å². The third-order valence-electron chi connectivity index (χ3n) is 2.58. The molecular formula is C14H13NO4. The summed E-state index contributed by atoms with van der Waals surface area (Å²) in [5, 5.41) is 8.93. The fourth-order valence-corrected chi connectivity index (χ4v) is 1.73. The van der Waals surface area contributed by atoms with Crippen LogP contribution in [0, 0.1) is 6.92 Å². The molecule has 19 heavy (non-hydrogen) atoms. The third-order valence-corrected chi connectivity index (χ3v) is 2.58. The molecule has 0 radical (unpaired) electrons. The number of carbonyl (C=O) groups excluding carboxylic acids is 1. The molecule has 0 aliphatic carbocycles. The van der Waals surface area contributed by atoms with Gasteiger partial charge in [0.15, 0.2) is 0 Å². The number of nitrogens with zero attached hydrogens (tertiary/aromatic N) is 1. The number of rotatable bonds is 4. The molecule has 1 heterocycles. The van der Waals surface area contributed by atoms with Crippen molar-refractivity contribution in [1.29, 1.82) is 0 Å². The Morgan fingerprint density at radius 3 is 2.47 bits per heavy atom. The minimum absolute atomic E-state index is 0.336. The second kappa shape index (κ2) is 5.39. The van der Waals surface area contributed by atoms with E-state index in [1.54, 1.807) is 43.3 Å². The van der Waals surface area contributed by atoms with Crippen LogP contribution in [0.3, 0.4) is 0 Å². The van der Waals surface area contributed by atoms with Crippen molar-refractivity contribution in [2.45, 2.75) is 6.92 Å². The van der Waals surface area contributed by atoms with Crippen LogP contribution in [0.2, 0.25) is 0 Å². The molecule has 2 aromatic rings. The molecule has 1 aromatic heterocycles. The van der Waals surface area contributed by atoms with Crippen LogP contribution in [-0.2, 0) is 4.79 Å². The number of anilines is 1. The van der Waals surface area contributed by atoms with Crippen molar-refractivity contribution in [2.24, 2.45) is 0 Å². The number of aryl methyl sites for hydroxylation is 1.